The van der Waals surface area contributed by atoms with E-state index in [1.165, 1.54) is 58.0 Å². The Kier molecular flexibility index (Phi) is 4.45. The summed E-state index contributed by atoms with van der Waals surface area (Å²) in [6.45, 7) is 2.45. The summed E-state index contributed by atoms with van der Waals surface area (Å²) in [7, 11) is 1.88. The van der Waals surface area contributed by atoms with Crippen molar-refractivity contribution in [3.63, 3.8) is 0 Å². The predicted molar refractivity (Wildman–Crippen MR) is 63.0 cm³/mol. The van der Waals surface area contributed by atoms with Gasteiger partial charge in [0, 0.05) is 7.11 Å². The van der Waals surface area contributed by atoms with Gasteiger partial charge in [-0.3, -0.25) is 0 Å². The topological polar surface area (TPSA) is 21.3 Å². The van der Waals surface area contributed by atoms with Crippen LogP contribution in [0.3, 0.4) is 0 Å². The third kappa shape index (κ3) is 3.76. The van der Waals surface area contributed by atoms with Gasteiger partial charge in [-0.1, -0.05) is 12.8 Å². The fraction of sp³-hybridized carbons (Fsp3) is 1.00. The molecule has 2 nitrogen and oxygen atoms in total. The van der Waals surface area contributed by atoms with Crippen LogP contribution in [0.1, 0.15) is 44.9 Å². The highest BCUT2D eigenvalue weighted by Gasteiger charge is 2.25. The molecule has 0 aromatic heterocycles. The molecule has 0 aromatic rings. The second-order valence-electron chi connectivity index (χ2n) is 5.25. The van der Waals surface area contributed by atoms with Crippen LogP contribution < -0.4 is 5.32 Å². The van der Waals surface area contributed by atoms with Gasteiger partial charge >= 0.3 is 0 Å². The Morgan fingerprint density at radius 1 is 1.13 bits per heavy atom. The molecular weight excluding hydrogens is 186 g/mol. The Bertz CT molecular complexity index is 179. The average molecular weight is 211 g/mol. The molecule has 0 heterocycles. The Morgan fingerprint density at radius 2 is 1.93 bits per heavy atom. The lowest BCUT2D eigenvalue weighted by molar-refractivity contribution is 0.0206. The van der Waals surface area contributed by atoms with E-state index in [-0.39, 0.29) is 0 Å². The maximum atomic E-state index is 5.57. The second-order valence-corrected chi connectivity index (χ2v) is 5.25. The van der Waals surface area contributed by atoms with Crippen LogP contribution in [-0.4, -0.2) is 26.3 Å². The zero-order valence-corrected chi connectivity index (χ0v) is 10.0. The maximum absolute atomic E-state index is 5.57. The van der Waals surface area contributed by atoms with Gasteiger partial charge in [0.1, 0.15) is 0 Å². The molecule has 0 bridgehead atoms. The molecule has 0 saturated heterocycles. The molecule has 2 fully saturated rings. The van der Waals surface area contributed by atoms with Crippen LogP contribution >= 0.6 is 0 Å². The van der Waals surface area contributed by atoms with Crippen molar-refractivity contribution in [3.05, 3.63) is 0 Å². The van der Waals surface area contributed by atoms with E-state index in [1.54, 1.807) is 0 Å². The van der Waals surface area contributed by atoms with Crippen molar-refractivity contribution in [2.75, 3.05) is 20.2 Å². The lowest BCUT2D eigenvalue weighted by Crippen LogP contribution is -2.30. The monoisotopic (exact) mass is 211 g/mol. The lowest BCUT2D eigenvalue weighted by atomic mass is 9.84. The molecule has 2 saturated carbocycles. The predicted octanol–water partition coefficient (Wildman–Crippen LogP) is 2.58. The van der Waals surface area contributed by atoms with Gasteiger partial charge in [0.2, 0.25) is 0 Å². The van der Waals surface area contributed by atoms with E-state index >= 15 is 0 Å². The SMILES string of the molecule is COC1CCCCC1CCNCC1CC1. The van der Waals surface area contributed by atoms with E-state index in [9.17, 15) is 0 Å². The van der Waals surface area contributed by atoms with Crippen molar-refractivity contribution in [1.82, 2.24) is 5.32 Å². The van der Waals surface area contributed by atoms with Crippen LogP contribution in [0.2, 0.25) is 0 Å². The van der Waals surface area contributed by atoms with E-state index in [2.05, 4.69) is 5.32 Å². The molecular formula is C13H25NO. The highest BCUT2D eigenvalue weighted by Crippen LogP contribution is 2.29. The summed E-state index contributed by atoms with van der Waals surface area (Å²) < 4.78 is 5.57. The molecule has 0 aromatic carbocycles. The van der Waals surface area contributed by atoms with Crippen LogP contribution in [0.4, 0.5) is 0 Å². The zero-order chi connectivity index (χ0) is 10.5. The highest BCUT2D eigenvalue weighted by molar-refractivity contribution is 4.78. The summed E-state index contributed by atoms with van der Waals surface area (Å²) >= 11 is 0. The molecule has 15 heavy (non-hydrogen) atoms. The van der Waals surface area contributed by atoms with Gasteiger partial charge in [0.15, 0.2) is 0 Å². The van der Waals surface area contributed by atoms with E-state index in [0.29, 0.717) is 6.10 Å². The molecule has 88 valence electrons. The van der Waals surface area contributed by atoms with Gasteiger partial charge in [0.05, 0.1) is 6.10 Å². The molecule has 1 N–H and O–H groups in total. The average Bonchev–Trinajstić information content (AvgIpc) is 3.09. The zero-order valence-electron chi connectivity index (χ0n) is 10.0. The van der Waals surface area contributed by atoms with Gasteiger partial charge in [-0.15, -0.1) is 0 Å². The smallest absolute Gasteiger partial charge is 0.0600 e. The normalized spacial score (nSPS) is 31.8. The molecule has 0 aliphatic heterocycles. The van der Waals surface area contributed by atoms with Crippen molar-refractivity contribution in [1.29, 1.82) is 0 Å². The number of rotatable bonds is 6. The van der Waals surface area contributed by atoms with Crippen molar-refractivity contribution < 1.29 is 4.74 Å². The molecule has 0 radical (unpaired) electrons. The summed E-state index contributed by atoms with van der Waals surface area (Å²) in [6, 6.07) is 0. The Balaban J connectivity index is 1.58. The Labute approximate surface area is 93.8 Å². The maximum Gasteiger partial charge on any atom is 0.0600 e. The van der Waals surface area contributed by atoms with E-state index in [0.717, 1.165) is 11.8 Å². The number of methoxy groups -OCH3 is 1. The van der Waals surface area contributed by atoms with E-state index < -0.39 is 0 Å². The summed E-state index contributed by atoms with van der Waals surface area (Å²) in [5, 5.41) is 3.58. The van der Waals surface area contributed by atoms with E-state index in [1.807, 2.05) is 7.11 Å². The first-order valence-electron chi connectivity index (χ1n) is 6.63. The summed E-state index contributed by atoms with van der Waals surface area (Å²) in [5.74, 6) is 1.82. The molecule has 2 heteroatoms. The Hall–Kier alpha value is -0.0800. The van der Waals surface area contributed by atoms with Gasteiger partial charge in [-0.25, -0.2) is 0 Å². The standard InChI is InChI=1S/C13H25NO/c1-15-13-5-3-2-4-12(13)8-9-14-10-11-6-7-11/h11-14H,2-10H2,1H3. The van der Waals surface area contributed by atoms with Crippen molar-refractivity contribution >= 4 is 0 Å². The summed E-state index contributed by atoms with van der Waals surface area (Å²) in [5.41, 5.74) is 0. The lowest BCUT2D eigenvalue weighted by Gasteiger charge is -2.30. The highest BCUT2D eigenvalue weighted by atomic mass is 16.5. The van der Waals surface area contributed by atoms with Gasteiger partial charge in [0.25, 0.3) is 0 Å². The van der Waals surface area contributed by atoms with Crippen molar-refractivity contribution in [2.45, 2.75) is 51.0 Å². The van der Waals surface area contributed by atoms with Crippen LogP contribution in [0.15, 0.2) is 0 Å². The van der Waals surface area contributed by atoms with Gasteiger partial charge in [-0.2, -0.15) is 0 Å². The summed E-state index contributed by atoms with van der Waals surface area (Å²) in [4.78, 5) is 0. The van der Waals surface area contributed by atoms with Crippen LogP contribution in [-0.2, 0) is 4.74 Å². The largest absolute Gasteiger partial charge is 0.381 e. The van der Waals surface area contributed by atoms with Crippen LogP contribution in [0.5, 0.6) is 0 Å². The molecule has 2 aliphatic carbocycles. The third-order valence-electron chi connectivity index (χ3n) is 3.96. The van der Waals surface area contributed by atoms with Crippen molar-refractivity contribution in [2.24, 2.45) is 11.8 Å². The van der Waals surface area contributed by atoms with Crippen LogP contribution in [0.25, 0.3) is 0 Å². The first-order valence-corrected chi connectivity index (χ1v) is 6.63. The minimum atomic E-state index is 0.543. The third-order valence-corrected chi connectivity index (χ3v) is 3.96. The first-order chi connectivity index (χ1) is 7.40. The summed E-state index contributed by atoms with van der Waals surface area (Å²) in [6.07, 6.45) is 10.2. The van der Waals surface area contributed by atoms with E-state index in [4.69, 9.17) is 4.74 Å². The minimum Gasteiger partial charge on any atom is -0.381 e. The fourth-order valence-corrected chi connectivity index (χ4v) is 2.73. The van der Waals surface area contributed by atoms with Gasteiger partial charge < -0.3 is 10.1 Å². The molecule has 0 spiro atoms. The van der Waals surface area contributed by atoms with Gasteiger partial charge in [-0.05, 0) is 57.0 Å². The first kappa shape index (κ1) is 11.4. The number of ether oxygens (including phenoxy) is 1. The molecule has 2 atom stereocenters. The molecule has 2 aliphatic rings. The molecule has 2 unspecified atom stereocenters. The van der Waals surface area contributed by atoms with Crippen LogP contribution in [0, 0.1) is 11.8 Å². The number of hydrogen-bond acceptors (Lipinski definition) is 2. The Morgan fingerprint density at radius 3 is 2.67 bits per heavy atom. The molecule has 2 rings (SSSR count). The van der Waals surface area contributed by atoms with Crippen molar-refractivity contribution in [3.8, 4) is 0 Å². The quantitative estimate of drug-likeness (QED) is 0.682. The minimum absolute atomic E-state index is 0.543. The molecule has 0 amide bonds. The second kappa shape index (κ2) is 5.86. The number of hydrogen-bond donors (Lipinski definition) is 1. The fourth-order valence-electron chi connectivity index (χ4n) is 2.73. The number of nitrogens with one attached hydrogen (secondary N) is 1.